The monoisotopic (exact) mass is 226 g/mol. The average molecular weight is 226 g/mol. The minimum atomic E-state index is -0.302. The minimum absolute atomic E-state index is 0.155. The summed E-state index contributed by atoms with van der Waals surface area (Å²) in [5.41, 5.74) is 0.790. The maximum atomic E-state index is 11.2. The lowest BCUT2D eigenvalue weighted by atomic mass is 9.63. The summed E-state index contributed by atoms with van der Waals surface area (Å²) in [7, 11) is 0. The predicted octanol–water partition coefficient (Wildman–Crippen LogP) is 2.56. The third-order valence-electron chi connectivity index (χ3n) is 3.51. The summed E-state index contributed by atoms with van der Waals surface area (Å²) in [6.45, 7) is 13.8. The first kappa shape index (κ1) is 13.2. The van der Waals surface area contributed by atoms with Crippen LogP contribution in [0, 0.1) is 10.8 Å². The maximum absolute atomic E-state index is 11.2. The summed E-state index contributed by atoms with van der Waals surface area (Å²) in [5, 5.41) is 0. The molecule has 3 nitrogen and oxygen atoms in total. The summed E-state index contributed by atoms with van der Waals surface area (Å²) >= 11 is 0. The van der Waals surface area contributed by atoms with E-state index in [0.717, 1.165) is 19.6 Å². The second-order valence-electron chi connectivity index (χ2n) is 5.69. The van der Waals surface area contributed by atoms with Gasteiger partial charge in [-0.2, -0.15) is 0 Å². The molecule has 1 saturated heterocycles. The molecular weight excluding hydrogens is 204 g/mol. The molecule has 92 valence electrons. The lowest BCUT2D eigenvalue weighted by Gasteiger charge is -2.51. The van der Waals surface area contributed by atoms with Crippen molar-refractivity contribution in [2.75, 3.05) is 19.8 Å². The number of ether oxygens (including phenoxy) is 2. The molecule has 0 aromatic rings. The van der Waals surface area contributed by atoms with Crippen molar-refractivity contribution in [3.8, 4) is 0 Å². The van der Waals surface area contributed by atoms with Crippen LogP contribution in [0.2, 0.25) is 0 Å². The van der Waals surface area contributed by atoms with E-state index in [2.05, 4.69) is 27.4 Å². The highest BCUT2D eigenvalue weighted by atomic mass is 16.5. The summed E-state index contributed by atoms with van der Waals surface area (Å²) < 4.78 is 10.4. The van der Waals surface area contributed by atoms with Crippen molar-refractivity contribution in [1.29, 1.82) is 0 Å². The van der Waals surface area contributed by atoms with Crippen molar-refractivity contribution in [2.45, 2.75) is 34.1 Å². The van der Waals surface area contributed by atoms with Crippen LogP contribution in [0.4, 0.5) is 0 Å². The minimum Gasteiger partial charge on any atom is -0.462 e. The first-order valence-electron chi connectivity index (χ1n) is 5.69. The van der Waals surface area contributed by atoms with Gasteiger partial charge in [-0.05, 0) is 18.8 Å². The van der Waals surface area contributed by atoms with E-state index in [1.807, 2.05) is 0 Å². The Morgan fingerprint density at radius 3 is 2.31 bits per heavy atom. The van der Waals surface area contributed by atoms with Crippen molar-refractivity contribution >= 4 is 5.97 Å². The van der Waals surface area contributed by atoms with Gasteiger partial charge in [-0.1, -0.05) is 27.4 Å². The topological polar surface area (TPSA) is 35.5 Å². The van der Waals surface area contributed by atoms with E-state index in [9.17, 15) is 4.79 Å². The number of esters is 1. The molecule has 1 aliphatic heterocycles. The fraction of sp³-hybridized carbons (Fsp3) is 0.769. The molecule has 0 bridgehead atoms. The van der Waals surface area contributed by atoms with E-state index in [1.54, 1.807) is 6.92 Å². The molecule has 0 aliphatic carbocycles. The molecule has 16 heavy (non-hydrogen) atoms. The number of hydrogen-bond donors (Lipinski definition) is 0. The Kier molecular flexibility index (Phi) is 3.79. The van der Waals surface area contributed by atoms with Crippen LogP contribution in [0.15, 0.2) is 12.2 Å². The van der Waals surface area contributed by atoms with Crippen molar-refractivity contribution in [3.05, 3.63) is 12.2 Å². The predicted molar refractivity (Wildman–Crippen MR) is 63.1 cm³/mol. The summed E-state index contributed by atoms with van der Waals surface area (Å²) in [5.74, 6) is -0.302. The first-order chi connectivity index (χ1) is 7.28. The van der Waals surface area contributed by atoms with Gasteiger partial charge in [0.2, 0.25) is 0 Å². The van der Waals surface area contributed by atoms with Crippen molar-refractivity contribution < 1.29 is 14.3 Å². The quantitative estimate of drug-likeness (QED) is 0.546. The summed E-state index contributed by atoms with van der Waals surface area (Å²) in [6, 6.07) is 0. The number of carbonyl (C=O) groups is 1. The number of rotatable bonds is 4. The van der Waals surface area contributed by atoms with Gasteiger partial charge >= 0.3 is 5.97 Å². The standard InChI is InChI=1S/C13H22O3/c1-10(2)11(14)16-7-6-13(8-15-9-13)12(3,4)5/h1,6-9H2,2-5H3. The lowest BCUT2D eigenvalue weighted by molar-refractivity contribution is -0.182. The fourth-order valence-corrected chi connectivity index (χ4v) is 1.76. The van der Waals surface area contributed by atoms with E-state index >= 15 is 0 Å². The summed E-state index contributed by atoms with van der Waals surface area (Å²) in [4.78, 5) is 11.2. The zero-order valence-corrected chi connectivity index (χ0v) is 10.8. The van der Waals surface area contributed by atoms with Gasteiger partial charge in [0.05, 0.1) is 19.8 Å². The highest BCUT2D eigenvalue weighted by molar-refractivity contribution is 5.86. The van der Waals surface area contributed by atoms with Gasteiger partial charge in [0.25, 0.3) is 0 Å². The molecule has 1 fully saturated rings. The molecule has 1 rings (SSSR count). The van der Waals surface area contributed by atoms with Crippen LogP contribution in [0.25, 0.3) is 0 Å². The molecule has 0 aromatic carbocycles. The van der Waals surface area contributed by atoms with Crippen molar-refractivity contribution in [3.63, 3.8) is 0 Å². The molecule has 1 aliphatic rings. The Balaban J connectivity index is 2.42. The third kappa shape index (κ3) is 2.64. The van der Waals surface area contributed by atoms with Gasteiger partial charge in [0, 0.05) is 11.0 Å². The van der Waals surface area contributed by atoms with E-state index < -0.39 is 0 Å². The van der Waals surface area contributed by atoms with Gasteiger partial charge in [-0.15, -0.1) is 0 Å². The molecule has 0 spiro atoms. The summed E-state index contributed by atoms with van der Waals surface area (Å²) in [6.07, 6.45) is 0.857. The van der Waals surface area contributed by atoms with E-state index in [0.29, 0.717) is 12.2 Å². The third-order valence-corrected chi connectivity index (χ3v) is 3.51. The Morgan fingerprint density at radius 2 is 2.00 bits per heavy atom. The van der Waals surface area contributed by atoms with Crippen LogP contribution in [0.3, 0.4) is 0 Å². The zero-order valence-electron chi connectivity index (χ0n) is 10.8. The molecule has 0 saturated carbocycles. The van der Waals surface area contributed by atoms with Crippen LogP contribution in [-0.4, -0.2) is 25.8 Å². The molecule has 0 N–H and O–H groups in total. The Labute approximate surface area is 97.8 Å². The second kappa shape index (κ2) is 4.58. The van der Waals surface area contributed by atoms with Crippen LogP contribution in [0.5, 0.6) is 0 Å². The fourth-order valence-electron chi connectivity index (χ4n) is 1.76. The van der Waals surface area contributed by atoms with Crippen LogP contribution < -0.4 is 0 Å². The Hall–Kier alpha value is -0.830. The van der Waals surface area contributed by atoms with E-state index in [-0.39, 0.29) is 16.8 Å². The molecule has 0 unspecified atom stereocenters. The zero-order chi connectivity index (χ0) is 12.4. The number of carbonyl (C=O) groups excluding carboxylic acids is 1. The Morgan fingerprint density at radius 1 is 1.44 bits per heavy atom. The second-order valence-corrected chi connectivity index (χ2v) is 5.69. The number of hydrogen-bond acceptors (Lipinski definition) is 3. The Bertz CT molecular complexity index is 282. The molecule has 3 heteroatoms. The molecular formula is C13H22O3. The van der Waals surface area contributed by atoms with Gasteiger partial charge in [0.15, 0.2) is 0 Å². The van der Waals surface area contributed by atoms with Crippen LogP contribution >= 0.6 is 0 Å². The largest absolute Gasteiger partial charge is 0.462 e. The normalized spacial score (nSPS) is 18.8. The lowest BCUT2D eigenvalue weighted by Crippen LogP contribution is -2.52. The maximum Gasteiger partial charge on any atom is 0.333 e. The van der Waals surface area contributed by atoms with Crippen molar-refractivity contribution in [2.24, 2.45) is 10.8 Å². The SMILES string of the molecule is C=C(C)C(=O)OCCC1(C(C)(C)C)COC1. The van der Waals surface area contributed by atoms with Crippen LogP contribution in [0.1, 0.15) is 34.1 Å². The average Bonchev–Trinajstić information content (AvgIpc) is 2.06. The van der Waals surface area contributed by atoms with Gasteiger partial charge in [-0.25, -0.2) is 4.79 Å². The highest BCUT2D eigenvalue weighted by Gasteiger charge is 2.47. The van der Waals surface area contributed by atoms with E-state index in [1.165, 1.54) is 0 Å². The van der Waals surface area contributed by atoms with Gasteiger partial charge < -0.3 is 9.47 Å². The molecule has 0 radical (unpaired) electrons. The highest BCUT2D eigenvalue weighted by Crippen LogP contribution is 2.47. The molecule has 0 amide bonds. The first-order valence-corrected chi connectivity index (χ1v) is 5.69. The van der Waals surface area contributed by atoms with Gasteiger partial charge in [0.1, 0.15) is 0 Å². The van der Waals surface area contributed by atoms with Crippen molar-refractivity contribution in [1.82, 2.24) is 0 Å². The smallest absolute Gasteiger partial charge is 0.333 e. The molecule has 0 aromatic heterocycles. The van der Waals surface area contributed by atoms with E-state index in [4.69, 9.17) is 9.47 Å². The van der Waals surface area contributed by atoms with Crippen LogP contribution in [-0.2, 0) is 14.3 Å². The molecule has 0 atom stereocenters. The molecule has 1 heterocycles. The van der Waals surface area contributed by atoms with Gasteiger partial charge in [-0.3, -0.25) is 0 Å².